The molecule has 0 amide bonds. The van der Waals surface area contributed by atoms with Crippen LogP contribution >= 0.6 is 0 Å². The zero-order valence-corrected chi connectivity index (χ0v) is 8.62. The maximum Gasteiger partial charge on any atom is 0.335 e. The van der Waals surface area contributed by atoms with Gasteiger partial charge >= 0.3 is 5.97 Å². The number of anilines is 1. The fraction of sp³-hybridized carbons (Fsp3) is 0.250. The highest BCUT2D eigenvalue weighted by Gasteiger charge is 2.17. The van der Waals surface area contributed by atoms with Crippen molar-refractivity contribution in [3.8, 4) is 0 Å². The lowest BCUT2D eigenvalue weighted by atomic mass is 10.2. The summed E-state index contributed by atoms with van der Waals surface area (Å²) in [5, 5.41) is 3.12. The minimum Gasteiger partial charge on any atom is -0.462 e. The zero-order valence-electron chi connectivity index (χ0n) is 8.62. The van der Waals surface area contributed by atoms with Crippen molar-refractivity contribution in [2.45, 2.75) is 13.3 Å². The van der Waals surface area contributed by atoms with E-state index in [1.807, 2.05) is 31.2 Å². The van der Waals surface area contributed by atoms with E-state index in [0.717, 1.165) is 11.3 Å². The largest absolute Gasteiger partial charge is 0.462 e. The third kappa shape index (κ3) is 2.18. The van der Waals surface area contributed by atoms with E-state index >= 15 is 0 Å². The van der Waals surface area contributed by atoms with E-state index in [4.69, 9.17) is 4.74 Å². The van der Waals surface area contributed by atoms with E-state index in [9.17, 15) is 4.79 Å². The first kappa shape index (κ1) is 9.77. The second-order valence-corrected chi connectivity index (χ2v) is 3.51. The second-order valence-electron chi connectivity index (χ2n) is 3.51. The minimum absolute atomic E-state index is 0.212. The number of nitrogens with one attached hydrogen (secondary N) is 1. The number of carbonyl (C=O) groups is 1. The highest BCUT2D eigenvalue weighted by molar-refractivity contribution is 5.90. The number of ether oxygens (including phenoxy) is 1. The van der Waals surface area contributed by atoms with Crippen LogP contribution in [0.25, 0.3) is 0 Å². The molecule has 15 heavy (non-hydrogen) atoms. The minimum atomic E-state index is -0.212. The number of carbonyl (C=O) groups excluding carboxylic acids is 1. The summed E-state index contributed by atoms with van der Waals surface area (Å²) in [6.45, 7) is 2.52. The number of para-hydroxylation sites is 1. The third-order valence-electron chi connectivity index (χ3n) is 2.41. The van der Waals surface area contributed by atoms with Crippen molar-refractivity contribution >= 4 is 11.7 Å². The highest BCUT2D eigenvalue weighted by Crippen LogP contribution is 2.16. The molecule has 0 saturated carbocycles. The molecule has 0 unspecified atom stereocenters. The van der Waals surface area contributed by atoms with Crippen LogP contribution in [0.2, 0.25) is 0 Å². The van der Waals surface area contributed by atoms with Gasteiger partial charge in [-0.3, -0.25) is 0 Å². The standard InChI is InChI=1S/C12H13NO2/c1-9-4-2-3-5-11(9)13-8-10-6-7-15-12(10)14/h2-5,8,13H,6-7H2,1H3. The van der Waals surface area contributed by atoms with Gasteiger partial charge in [-0.05, 0) is 18.6 Å². The number of esters is 1. The monoisotopic (exact) mass is 203 g/mol. The summed E-state index contributed by atoms with van der Waals surface area (Å²) >= 11 is 0. The quantitative estimate of drug-likeness (QED) is 0.591. The molecular formula is C12H13NO2. The number of cyclic esters (lactones) is 1. The lowest BCUT2D eigenvalue weighted by molar-refractivity contribution is -0.135. The van der Waals surface area contributed by atoms with E-state index in [1.54, 1.807) is 6.20 Å². The smallest absolute Gasteiger partial charge is 0.335 e. The number of rotatable bonds is 2. The molecule has 0 aromatic heterocycles. The first-order valence-corrected chi connectivity index (χ1v) is 4.96. The average Bonchev–Trinajstić information content (AvgIpc) is 2.63. The molecule has 1 aromatic carbocycles. The van der Waals surface area contributed by atoms with Gasteiger partial charge in [-0.1, -0.05) is 18.2 Å². The summed E-state index contributed by atoms with van der Waals surface area (Å²) in [5.74, 6) is -0.212. The molecule has 1 saturated heterocycles. The number of hydrogen-bond donors (Lipinski definition) is 1. The van der Waals surface area contributed by atoms with Gasteiger partial charge in [-0.15, -0.1) is 0 Å². The Morgan fingerprint density at radius 3 is 2.87 bits per heavy atom. The molecule has 0 radical (unpaired) electrons. The summed E-state index contributed by atoms with van der Waals surface area (Å²) in [6.07, 6.45) is 2.43. The summed E-state index contributed by atoms with van der Waals surface area (Å²) in [6, 6.07) is 7.94. The van der Waals surface area contributed by atoms with Gasteiger partial charge < -0.3 is 10.1 Å². The molecule has 1 aliphatic heterocycles. The molecule has 0 bridgehead atoms. The number of hydrogen-bond acceptors (Lipinski definition) is 3. The second kappa shape index (κ2) is 4.17. The molecule has 1 N–H and O–H groups in total. The average molecular weight is 203 g/mol. The van der Waals surface area contributed by atoms with Crippen LogP contribution in [0.5, 0.6) is 0 Å². The first-order valence-electron chi connectivity index (χ1n) is 4.96. The molecule has 0 aliphatic carbocycles. The summed E-state index contributed by atoms with van der Waals surface area (Å²) in [7, 11) is 0. The summed E-state index contributed by atoms with van der Waals surface area (Å²) in [4.78, 5) is 11.1. The van der Waals surface area contributed by atoms with Gasteiger partial charge in [-0.25, -0.2) is 4.79 Å². The Balaban J connectivity index is 2.10. The molecule has 1 aliphatic rings. The Hall–Kier alpha value is -1.77. The van der Waals surface area contributed by atoms with Gasteiger partial charge in [-0.2, -0.15) is 0 Å². The fourth-order valence-corrected chi connectivity index (χ4v) is 1.48. The van der Waals surface area contributed by atoms with Gasteiger partial charge in [0.05, 0.1) is 12.2 Å². The van der Waals surface area contributed by atoms with E-state index < -0.39 is 0 Å². The molecule has 0 spiro atoms. The molecule has 3 nitrogen and oxygen atoms in total. The van der Waals surface area contributed by atoms with Crippen LogP contribution in [0.3, 0.4) is 0 Å². The van der Waals surface area contributed by atoms with Gasteiger partial charge in [0.2, 0.25) is 0 Å². The summed E-state index contributed by atoms with van der Waals surface area (Å²) in [5.41, 5.74) is 2.88. The predicted molar refractivity (Wildman–Crippen MR) is 58.5 cm³/mol. The van der Waals surface area contributed by atoms with Crippen molar-refractivity contribution in [3.63, 3.8) is 0 Å². The number of benzene rings is 1. The predicted octanol–water partition coefficient (Wildman–Crippen LogP) is 2.24. The van der Waals surface area contributed by atoms with E-state index in [1.165, 1.54) is 0 Å². The Bertz CT molecular complexity index is 410. The zero-order chi connectivity index (χ0) is 10.7. The maximum absolute atomic E-state index is 11.1. The van der Waals surface area contributed by atoms with Gasteiger partial charge in [0.15, 0.2) is 0 Å². The fourth-order valence-electron chi connectivity index (χ4n) is 1.48. The van der Waals surface area contributed by atoms with E-state index in [-0.39, 0.29) is 5.97 Å². The molecule has 1 aromatic rings. The lowest BCUT2D eigenvalue weighted by Gasteiger charge is -2.04. The third-order valence-corrected chi connectivity index (χ3v) is 2.41. The van der Waals surface area contributed by atoms with Crippen molar-refractivity contribution in [3.05, 3.63) is 41.6 Å². The first-order chi connectivity index (χ1) is 7.27. The molecule has 1 fully saturated rings. The normalized spacial score (nSPS) is 17.9. The maximum atomic E-state index is 11.1. The van der Waals surface area contributed by atoms with Crippen molar-refractivity contribution in [2.24, 2.45) is 0 Å². The van der Waals surface area contributed by atoms with Crippen LogP contribution in [-0.4, -0.2) is 12.6 Å². The van der Waals surface area contributed by atoms with Crippen LogP contribution in [0, 0.1) is 6.92 Å². The van der Waals surface area contributed by atoms with E-state index in [0.29, 0.717) is 18.6 Å². The topological polar surface area (TPSA) is 38.3 Å². The van der Waals surface area contributed by atoms with Crippen molar-refractivity contribution in [1.82, 2.24) is 0 Å². The SMILES string of the molecule is Cc1ccccc1NC=C1CCOC1=O. The van der Waals surface area contributed by atoms with Crippen LogP contribution < -0.4 is 5.32 Å². The lowest BCUT2D eigenvalue weighted by Crippen LogP contribution is -1.99. The summed E-state index contributed by atoms with van der Waals surface area (Å²) < 4.78 is 4.84. The Morgan fingerprint density at radius 2 is 2.20 bits per heavy atom. The van der Waals surface area contributed by atoms with Crippen LogP contribution in [0.15, 0.2) is 36.0 Å². The number of aryl methyl sites for hydroxylation is 1. The van der Waals surface area contributed by atoms with E-state index in [2.05, 4.69) is 5.32 Å². The Morgan fingerprint density at radius 1 is 1.40 bits per heavy atom. The molecule has 78 valence electrons. The van der Waals surface area contributed by atoms with Crippen molar-refractivity contribution in [1.29, 1.82) is 0 Å². The van der Waals surface area contributed by atoms with Crippen molar-refractivity contribution in [2.75, 3.05) is 11.9 Å². The highest BCUT2D eigenvalue weighted by atomic mass is 16.5. The Labute approximate surface area is 88.8 Å². The molecule has 2 rings (SSSR count). The van der Waals surface area contributed by atoms with Gasteiger partial charge in [0, 0.05) is 18.3 Å². The molecular weight excluding hydrogens is 190 g/mol. The van der Waals surface area contributed by atoms with Crippen molar-refractivity contribution < 1.29 is 9.53 Å². The Kier molecular flexibility index (Phi) is 2.72. The molecule has 3 heteroatoms. The van der Waals surface area contributed by atoms with Crippen LogP contribution in [-0.2, 0) is 9.53 Å². The van der Waals surface area contributed by atoms with Crippen LogP contribution in [0.4, 0.5) is 5.69 Å². The molecule has 0 atom stereocenters. The van der Waals surface area contributed by atoms with Gasteiger partial charge in [0.1, 0.15) is 0 Å². The van der Waals surface area contributed by atoms with Crippen LogP contribution in [0.1, 0.15) is 12.0 Å². The molecule has 1 heterocycles. The van der Waals surface area contributed by atoms with Gasteiger partial charge in [0.25, 0.3) is 0 Å².